The van der Waals surface area contributed by atoms with Gasteiger partial charge in [-0.15, -0.1) is 0 Å². The summed E-state index contributed by atoms with van der Waals surface area (Å²) < 4.78 is 43.5. The Morgan fingerprint density at radius 1 is 1.45 bits per heavy atom. The summed E-state index contributed by atoms with van der Waals surface area (Å²) in [7, 11) is 0. The van der Waals surface area contributed by atoms with Crippen molar-refractivity contribution in [2.24, 2.45) is 0 Å². The van der Waals surface area contributed by atoms with Crippen LogP contribution in [0.25, 0.3) is 6.08 Å². The van der Waals surface area contributed by atoms with Gasteiger partial charge in [0.05, 0.1) is 5.56 Å². The van der Waals surface area contributed by atoms with Gasteiger partial charge < -0.3 is 9.84 Å². The molecule has 0 aliphatic carbocycles. The first-order valence-corrected chi connectivity index (χ1v) is 5.66. The molecule has 0 atom stereocenters. The summed E-state index contributed by atoms with van der Waals surface area (Å²) in [5.74, 6) is -1.65. The van der Waals surface area contributed by atoms with Crippen molar-refractivity contribution in [2.45, 2.75) is 6.18 Å². The van der Waals surface area contributed by atoms with Crippen molar-refractivity contribution >= 4 is 23.6 Å². The number of hydrogen-bond acceptors (Lipinski definition) is 2. The fourth-order valence-corrected chi connectivity index (χ4v) is 1.38. The molecule has 0 aromatic heterocycles. The number of carboxylic acids is 1. The first kappa shape index (κ1) is 16.1. The summed E-state index contributed by atoms with van der Waals surface area (Å²) in [6.45, 7) is 3.06. The molecule has 1 N–H and O–H groups in total. The summed E-state index contributed by atoms with van der Waals surface area (Å²) in [5, 5.41) is 8.51. The molecule has 108 valence electrons. The highest BCUT2D eigenvalue weighted by Gasteiger charge is 2.34. The monoisotopic (exact) mass is 306 g/mol. The van der Waals surface area contributed by atoms with Crippen molar-refractivity contribution in [3.63, 3.8) is 0 Å². The lowest BCUT2D eigenvalue weighted by molar-refractivity contribution is -0.139. The van der Waals surface area contributed by atoms with Crippen molar-refractivity contribution in [1.82, 2.24) is 0 Å². The van der Waals surface area contributed by atoms with Crippen molar-refractivity contribution in [2.75, 3.05) is 6.61 Å². The number of benzene rings is 1. The second-order valence-corrected chi connectivity index (χ2v) is 4.27. The van der Waals surface area contributed by atoms with Gasteiger partial charge in [0.25, 0.3) is 0 Å². The van der Waals surface area contributed by atoms with Gasteiger partial charge in [-0.1, -0.05) is 24.2 Å². The van der Waals surface area contributed by atoms with E-state index in [0.717, 1.165) is 24.3 Å². The second-order valence-electron chi connectivity index (χ2n) is 3.73. The topological polar surface area (TPSA) is 46.5 Å². The first-order chi connectivity index (χ1) is 9.20. The molecule has 0 heterocycles. The zero-order valence-electron chi connectivity index (χ0n) is 10.1. The maximum atomic E-state index is 12.9. The third-order valence-corrected chi connectivity index (χ3v) is 2.22. The highest BCUT2D eigenvalue weighted by Crippen LogP contribution is 2.37. The van der Waals surface area contributed by atoms with Gasteiger partial charge in [-0.25, -0.2) is 4.79 Å². The maximum absolute atomic E-state index is 12.9. The first-order valence-electron chi connectivity index (χ1n) is 5.28. The molecule has 7 heteroatoms. The van der Waals surface area contributed by atoms with Crippen molar-refractivity contribution in [3.05, 3.63) is 47.0 Å². The Labute approximate surface area is 117 Å². The largest absolute Gasteiger partial charge is 0.487 e. The lowest BCUT2D eigenvalue weighted by Gasteiger charge is -2.14. The van der Waals surface area contributed by atoms with Crippen molar-refractivity contribution in [3.8, 4) is 5.75 Å². The van der Waals surface area contributed by atoms with E-state index in [9.17, 15) is 18.0 Å². The predicted molar refractivity (Wildman–Crippen MR) is 68.6 cm³/mol. The molecule has 0 spiro atoms. The van der Waals surface area contributed by atoms with Gasteiger partial charge in [-0.3, -0.25) is 0 Å². The van der Waals surface area contributed by atoms with E-state index < -0.39 is 23.5 Å². The SMILES string of the molecule is C=C(Cl)COc1ccc(C=CC(=O)O)cc1C(F)(F)F. The molecule has 1 aromatic rings. The molecular weight excluding hydrogens is 297 g/mol. The number of aliphatic carboxylic acids is 1. The van der Waals surface area contributed by atoms with Crippen LogP contribution in [0.4, 0.5) is 13.2 Å². The minimum atomic E-state index is -4.63. The molecule has 1 rings (SSSR count). The van der Waals surface area contributed by atoms with Crippen LogP contribution >= 0.6 is 11.6 Å². The van der Waals surface area contributed by atoms with E-state index in [4.69, 9.17) is 21.4 Å². The minimum absolute atomic E-state index is 0.0629. The van der Waals surface area contributed by atoms with Gasteiger partial charge in [0.1, 0.15) is 12.4 Å². The van der Waals surface area contributed by atoms with Crippen LogP contribution in [0.1, 0.15) is 11.1 Å². The summed E-state index contributed by atoms with van der Waals surface area (Å²) in [5.41, 5.74) is -0.917. The zero-order chi connectivity index (χ0) is 15.3. The molecule has 0 aliphatic rings. The van der Waals surface area contributed by atoms with Crippen LogP contribution in [0, 0.1) is 0 Å². The highest BCUT2D eigenvalue weighted by molar-refractivity contribution is 6.29. The number of alkyl halides is 3. The summed E-state index contributed by atoms with van der Waals surface area (Å²) in [6, 6.07) is 3.21. The Kier molecular flexibility index (Phi) is 5.21. The molecule has 0 radical (unpaired) electrons. The molecule has 20 heavy (non-hydrogen) atoms. The number of rotatable bonds is 5. The summed E-state index contributed by atoms with van der Waals surface area (Å²) >= 11 is 5.43. The van der Waals surface area contributed by atoms with Gasteiger partial charge in [-0.2, -0.15) is 13.2 Å². The Hall–Kier alpha value is -1.95. The quantitative estimate of drug-likeness (QED) is 0.838. The maximum Gasteiger partial charge on any atom is 0.419 e. The highest BCUT2D eigenvalue weighted by atomic mass is 35.5. The van der Waals surface area contributed by atoms with Crippen LogP contribution < -0.4 is 4.74 Å². The molecule has 0 saturated carbocycles. The lowest BCUT2D eigenvalue weighted by Crippen LogP contribution is -2.09. The van der Waals surface area contributed by atoms with E-state index in [2.05, 4.69) is 6.58 Å². The van der Waals surface area contributed by atoms with Gasteiger partial charge in [0, 0.05) is 11.1 Å². The number of ether oxygens (including phenoxy) is 1. The molecule has 1 aromatic carbocycles. The van der Waals surface area contributed by atoms with E-state index >= 15 is 0 Å². The van der Waals surface area contributed by atoms with Gasteiger partial charge >= 0.3 is 12.1 Å². The van der Waals surface area contributed by atoms with Gasteiger partial charge in [0.2, 0.25) is 0 Å². The lowest BCUT2D eigenvalue weighted by atomic mass is 10.1. The summed E-state index contributed by atoms with van der Waals surface area (Å²) in [6.07, 6.45) is -2.82. The molecule has 0 bridgehead atoms. The van der Waals surface area contributed by atoms with Crippen LogP contribution in [-0.2, 0) is 11.0 Å². The van der Waals surface area contributed by atoms with E-state index in [0.29, 0.717) is 0 Å². The number of hydrogen-bond donors (Lipinski definition) is 1. The Morgan fingerprint density at radius 3 is 2.60 bits per heavy atom. The fourth-order valence-electron chi connectivity index (χ4n) is 1.32. The third-order valence-electron chi connectivity index (χ3n) is 2.11. The van der Waals surface area contributed by atoms with E-state index in [1.807, 2.05) is 0 Å². The van der Waals surface area contributed by atoms with E-state index in [1.165, 1.54) is 6.07 Å². The second kappa shape index (κ2) is 6.47. The van der Waals surface area contributed by atoms with Gasteiger partial charge in [0.15, 0.2) is 0 Å². The molecule has 0 fully saturated rings. The Morgan fingerprint density at radius 2 is 2.10 bits per heavy atom. The third kappa shape index (κ3) is 4.97. The average Bonchev–Trinajstić information content (AvgIpc) is 2.33. The Bertz CT molecular complexity index is 550. The van der Waals surface area contributed by atoms with Crippen LogP contribution in [0.3, 0.4) is 0 Å². The molecule has 0 saturated heterocycles. The molecule has 3 nitrogen and oxygen atoms in total. The average molecular weight is 307 g/mol. The molecule has 0 unspecified atom stereocenters. The standard InChI is InChI=1S/C13H10ClF3O3/c1-8(14)7-20-11-4-2-9(3-5-12(18)19)6-10(11)13(15,16)17/h2-6H,1,7H2,(H,18,19). The van der Waals surface area contributed by atoms with E-state index in [-0.39, 0.29) is 17.2 Å². The fraction of sp³-hybridized carbons (Fsp3) is 0.154. The van der Waals surface area contributed by atoms with Crippen LogP contribution in [0.2, 0.25) is 0 Å². The van der Waals surface area contributed by atoms with Crippen molar-refractivity contribution in [1.29, 1.82) is 0 Å². The smallest absolute Gasteiger partial charge is 0.419 e. The summed E-state index contributed by atoms with van der Waals surface area (Å²) in [4.78, 5) is 10.3. The van der Waals surface area contributed by atoms with Gasteiger partial charge in [-0.05, 0) is 23.8 Å². The molecule has 0 amide bonds. The number of halogens is 4. The zero-order valence-corrected chi connectivity index (χ0v) is 10.8. The van der Waals surface area contributed by atoms with Crippen LogP contribution in [-0.4, -0.2) is 17.7 Å². The van der Waals surface area contributed by atoms with Crippen LogP contribution in [0.15, 0.2) is 35.9 Å². The van der Waals surface area contributed by atoms with E-state index in [1.54, 1.807) is 0 Å². The normalized spacial score (nSPS) is 11.6. The Balaban J connectivity index is 3.13. The number of carboxylic acid groups (broad SMARTS) is 1. The predicted octanol–water partition coefficient (Wildman–Crippen LogP) is 3.93. The van der Waals surface area contributed by atoms with Crippen LogP contribution in [0.5, 0.6) is 5.75 Å². The van der Waals surface area contributed by atoms with Crippen molar-refractivity contribution < 1.29 is 27.8 Å². The number of carbonyl (C=O) groups is 1. The molecular formula is C13H10ClF3O3. The molecule has 0 aliphatic heterocycles. The minimum Gasteiger partial charge on any atom is -0.487 e.